The van der Waals surface area contributed by atoms with E-state index in [1.807, 2.05) is 13.8 Å². The van der Waals surface area contributed by atoms with Gasteiger partial charge in [0.1, 0.15) is 5.82 Å². The average Bonchev–Trinajstić information content (AvgIpc) is 2.27. The molecule has 0 radical (unpaired) electrons. The summed E-state index contributed by atoms with van der Waals surface area (Å²) < 4.78 is 36.8. The van der Waals surface area contributed by atoms with Crippen molar-refractivity contribution in [1.29, 1.82) is 0 Å². The topological polar surface area (TPSA) is 45.1 Å². The van der Waals surface area contributed by atoms with Crippen molar-refractivity contribution in [3.05, 3.63) is 23.9 Å². The molecular formula is C11H15F3N2O. The Labute approximate surface area is 97.7 Å². The van der Waals surface area contributed by atoms with Crippen LogP contribution in [0.25, 0.3) is 0 Å². The number of nitrogens with zero attached hydrogens (tertiary/aromatic N) is 1. The van der Waals surface area contributed by atoms with Gasteiger partial charge in [0.2, 0.25) is 0 Å². The van der Waals surface area contributed by atoms with Crippen LogP contribution in [0.3, 0.4) is 0 Å². The molecular weight excluding hydrogens is 233 g/mol. The van der Waals surface area contributed by atoms with Crippen LogP contribution in [0.15, 0.2) is 18.3 Å². The molecule has 2 atom stereocenters. The van der Waals surface area contributed by atoms with Gasteiger partial charge in [-0.05, 0) is 25.0 Å². The van der Waals surface area contributed by atoms with Gasteiger partial charge in [-0.3, -0.25) is 0 Å². The Balaban J connectivity index is 2.69. The Morgan fingerprint density at radius 1 is 1.35 bits per heavy atom. The Kier molecular flexibility index (Phi) is 4.34. The van der Waals surface area contributed by atoms with E-state index in [0.29, 0.717) is 5.82 Å². The lowest BCUT2D eigenvalue weighted by molar-refractivity contribution is -0.137. The monoisotopic (exact) mass is 248 g/mol. The maximum atomic E-state index is 12.3. The third kappa shape index (κ3) is 3.89. The predicted octanol–water partition coefficient (Wildman–Crippen LogP) is 2.53. The van der Waals surface area contributed by atoms with Crippen LogP contribution in [-0.4, -0.2) is 22.7 Å². The number of halogens is 3. The van der Waals surface area contributed by atoms with Crippen LogP contribution in [-0.2, 0) is 6.18 Å². The highest BCUT2D eigenvalue weighted by Gasteiger charge is 2.30. The number of aliphatic hydroxyl groups excluding tert-OH is 1. The summed E-state index contributed by atoms with van der Waals surface area (Å²) in [4.78, 5) is 3.69. The van der Waals surface area contributed by atoms with E-state index < -0.39 is 11.7 Å². The number of alkyl halides is 3. The number of hydrogen-bond donors (Lipinski definition) is 2. The summed E-state index contributed by atoms with van der Waals surface area (Å²) >= 11 is 0. The first-order valence-electron chi connectivity index (χ1n) is 5.25. The van der Waals surface area contributed by atoms with Crippen LogP contribution < -0.4 is 5.32 Å². The molecule has 2 unspecified atom stereocenters. The Bertz CT molecular complexity index is 351. The zero-order valence-electron chi connectivity index (χ0n) is 9.62. The zero-order chi connectivity index (χ0) is 13.1. The molecule has 0 saturated carbocycles. The lowest BCUT2D eigenvalue weighted by atomic mass is 10.1. The van der Waals surface area contributed by atoms with Crippen molar-refractivity contribution in [1.82, 2.24) is 4.98 Å². The van der Waals surface area contributed by atoms with Gasteiger partial charge in [-0.15, -0.1) is 0 Å². The lowest BCUT2D eigenvalue weighted by Crippen LogP contribution is -2.26. The van der Waals surface area contributed by atoms with Gasteiger partial charge in [-0.2, -0.15) is 13.2 Å². The summed E-state index contributed by atoms with van der Waals surface area (Å²) in [6.45, 7) is 3.68. The third-order valence-electron chi connectivity index (χ3n) is 2.61. The molecule has 0 saturated heterocycles. The number of nitrogens with one attached hydrogen (secondary N) is 1. The highest BCUT2D eigenvalue weighted by Crippen LogP contribution is 2.28. The second-order valence-corrected chi connectivity index (χ2v) is 4.02. The molecule has 0 aliphatic carbocycles. The molecule has 0 aliphatic heterocycles. The van der Waals surface area contributed by atoms with Gasteiger partial charge in [0.25, 0.3) is 0 Å². The minimum absolute atomic E-state index is 0.000840. The lowest BCUT2D eigenvalue weighted by Gasteiger charge is -2.19. The molecule has 0 spiro atoms. The smallest absolute Gasteiger partial charge is 0.396 e. The fourth-order valence-electron chi connectivity index (χ4n) is 1.18. The molecule has 1 aromatic heterocycles. The van der Waals surface area contributed by atoms with Gasteiger partial charge < -0.3 is 10.4 Å². The average molecular weight is 248 g/mol. The van der Waals surface area contributed by atoms with Gasteiger partial charge >= 0.3 is 6.18 Å². The van der Waals surface area contributed by atoms with Gasteiger partial charge in [0, 0.05) is 18.8 Å². The summed E-state index contributed by atoms with van der Waals surface area (Å²) in [6, 6.07) is 2.19. The van der Waals surface area contributed by atoms with Crippen molar-refractivity contribution in [3.63, 3.8) is 0 Å². The summed E-state index contributed by atoms with van der Waals surface area (Å²) in [7, 11) is 0. The van der Waals surface area contributed by atoms with E-state index >= 15 is 0 Å². The van der Waals surface area contributed by atoms with E-state index in [-0.39, 0.29) is 18.6 Å². The molecule has 0 aromatic carbocycles. The quantitative estimate of drug-likeness (QED) is 0.860. The van der Waals surface area contributed by atoms with E-state index in [2.05, 4.69) is 10.3 Å². The molecule has 1 aromatic rings. The predicted molar refractivity (Wildman–Crippen MR) is 58.6 cm³/mol. The number of aliphatic hydroxyl groups is 1. The number of aromatic nitrogens is 1. The largest absolute Gasteiger partial charge is 0.417 e. The summed E-state index contributed by atoms with van der Waals surface area (Å²) in [6.07, 6.45) is -3.58. The van der Waals surface area contributed by atoms with Crippen molar-refractivity contribution < 1.29 is 18.3 Å². The Morgan fingerprint density at radius 2 is 2.00 bits per heavy atom. The molecule has 0 aliphatic rings. The molecule has 3 nitrogen and oxygen atoms in total. The van der Waals surface area contributed by atoms with Crippen molar-refractivity contribution in [2.24, 2.45) is 5.92 Å². The molecule has 96 valence electrons. The van der Waals surface area contributed by atoms with Crippen molar-refractivity contribution >= 4 is 5.82 Å². The van der Waals surface area contributed by atoms with E-state index in [4.69, 9.17) is 5.11 Å². The van der Waals surface area contributed by atoms with Crippen LogP contribution in [0, 0.1) is 5.92 Å². The van der Waals surface area contributed by atoms with Gasteiger partial charge in [0.15, 0.2) is 0 Å². The molecule has 17 heavy (non-hydrogen) atoms. The third-order valence-corrected chi connectivity index (χ3v) is 2.61. The molecule has 0 amide bonds. The number of hydrogen-bond acceptors (Lipinski definition) is 3. The van der Waals surface area contributed by atoms with E-state index in [1.165, 1.54) is 6.07 Å². The van der Waals surface area contributed by atoms with Crippen LogP contribution in [0.2, 0.25) is 0 Å². The first-order valence-corrected chi connectivity index (χ1v) is 5.25. The maximum Gasteiger partial charge on any atom is 0.417 e. The first kappa shape index (κ1) is 13.8. The summed E-state index contributed by atoms with van der Waals surface area (Å²) in [5, 5.41) is 11.9. The molecule has 1 heterocycles. The second-order valence-electron chi connectivity index (χ2n) is 4.02. The van der Waals surface area contributed by atoms with Crippen LogP contribution in [0.1, 0.15) is 19.4 Å². The molecule has 0 fully saturated rings. The molecule has 1 rings (SSSR count). The Morgan fingerprint density at radius 3 is 2.41 bits per heavy atom. The number of pyridine rings is 1. The molecule has 6 heteroatoms. The highest BCUT2D eigenvalue weighted by atomic mass is 19.4. The minimum atomic E-state index is -4.37. The van der Waals surface area contributed by atoms with Crippen molar-refractivity contribution in [2.75, 3.05) is 11.9 Å². The highest BCUT2D eigenvalue weighted by molar-refractivity contribution is 5.37. The maximum absolute atomic E-state index is 12.3. The van der Waals surface area contributed by atoms with Crippen LogP contribution in [0.5, 0.6) is 0 Å². The van der Waals surface area contributed by atoms with E-state index in [0.717, 1.165) is 12.3 Å². The van der Waals surface area contributed by atoms with Crippen LogP contribution >= 0.6 is 0 Å². The Hall–Kier alpha value is -1.30. The first-order chi connectivity index (χ1) is 7.84. The van der Waals surface area contributed by atoms with Gasteiger partial charge in [-0.25, -0.2) is 4.98 Å². The fraction of sp³-hybridized carbons (Fsp3) is 0.545. The normalized spacial score (nSPS) is 15.4. The minimum Gasteiger partial charge on any atom is -0.396 e. The van der Waals surface area contributed by atoms with Gasteiger partial charge in [-0.1, -0.05) is 6.92 Å². The summed E-state index contributed by atoms with van der Waals surface area (Å²) in [5.41, 5.74) is -0.772. The van der Waals surface area contributed by atoms with E-state index in [1.54, 1.807) is 0 Å². The standard InChI is InChI=1S/C11H15F3N2O/c1-7(6-17)8(2)16-10-4-3-9(5-15-10)11(12,13)14/h3-5,7-8,17H,6H2,1-2H3,(H,15,16). The molecule has 0 bridgehead atoms. The van der Waals surface area contributed by atoms with Gasteiger partial charge in [0.05, 0.1) is 5.56 Å². The number of anilines is 1. The van der Waals surface area contributed by atoms with Crippen LogP contribution in [0.4, 0.5) is 19.0 Å². The fourth-order valence-corrected chi connectivity index (χ4v) is 1.18. The SMILES string of the molecule is CC(CO)C(C)Nc1ccc(C(F)(F)F)cn1. The zero-order valence-corrected chi connectivity index (χ0v) is 9.62. The summed E-state index contributed by atoms with van der Waals surface area (Å²) in [5.74, 6) is 0.366. The van der Waals surface area contributed by atoms with E-state index in [9.17, 15) is 13.2 Å². The molecule has 2 N–H and O–H groups in total. The van der Waals surface area contributed by atoms with Crippen molar-refractivity contribution in [2.45, 2.75) is 26.1 Å². The second kappa shape index (κ2) is 5.35. The van der Waals surface area contributed by atoms with Crippen molar-refractivity contribution in [3.8, 4) is 0 Å². The number of rotatable bonds is 4.